The third-order valence-corrected chi connectivity index (χ3v) is 8.67. The molecule has 2 atom stereocenters. The molecule has 6 heteroatoms. The van der Waals surface area contributed by atoms with Crippen LogP contribution in [-0.4, -0.2) is 56.3 Å². The molecule has 1 N–H and O–H groups in total. The van der Waals surface area contributed by atoms with E-state index in [-0.39, 0.29) is 24.2 Å². The van der Waals surface area contributed by atoms with Crippen molar-refractivity contribution in [1.82, 2.24) is 4.90 Å². The van der Waals surface area contributed by atoms with Gasteiger partial charge in [-0.25, -0.2) is 4.79 Å². The van der Waals surface area contributed by atoms with Crippen LogP contribution in [0.4, 0.5) is 4.79 Å². The van der Waals surface area contributed by atoms with Crippen molar-refractivity contribution in [1.29, 1.82) is 0 Å². The van der Waals surface area contributed by atoms with Crippen molar-refractivity contribution in [2.75, 3.05) is 19.8 Å². The molecule has 1 aliphatic heterocycles. The lowest BCUT2D eigenvalue weighted by Gasteiger charge is -2.41. The largest absolute Gasteiger partial charge is 0.465 e. The van der Waals surface area contributed by atoms with Crippen molar-refractivity contribution in [2.45, 2.75) is 51.0 Å². The van der Waals surface area contributed by atoms with Gasteiger partial charge < -0.3 is 14.3 Å². The zero-order valence-electron chi connectivity index (χ0n) is 13.0. The second-order valence-corrected chi connectivity index (χ2v) is 11.5. The van der Waals surface area contributed by atoms with Crippen molar-refractivity contribution in [2.24, 2.45) is 0 Å². The maximum atomic E-state index is 11.3. The van der Waals surface area contributed by atoms with Crippen molar-refractivity contribution >= 4 is 14.4 Å². The minimum atomic E-state index is -1.89. The lowest BCUT2D eigenvalue weighted by molar-refractivity contribution is -0.0424. The fourth-order valence-corrected chi connectivity index (χ4v) is 2.73. The zero-order chi connectivity index (χ0) is 15.6. The Bertz CT molecular complexity index is 397. The molecule has 0 aromatic heterocycles. The number of amides is 1. The van der Waals surface area contributed by atoms with Crippen LogP contribution in [0.3, 0.4) is 0 Å². The number of hydrogen-bond donors (Lipinski definition) is 1. The summed E-state index contributed by atoms with van der Waals surface area (Å²) in [6, 6.07) is -0.286. The van der Waals surface area contributed by atoms with Crippen LogP contribution < -0.4 is 0 Å². The van der Waals surface area contributed by atoms with E-state index in [4.69, 9.17) is 15.6 Å². The molecule has 0 unspecified atom stereocenters. The Labute approximate surface area is 122 Å². The Kier molecular flexibility index (Phi) is 5.25. The van der Waals surface area contributed by atoms with E-state index in [9.17, 15) is 9.90 Å². The molecule has 5 nitrogen and oxygen atoms in total. The number of carboxylic acid groups (broad SMARTS) is 1. The molecule has 1 saturated heterocycles. The summed E-state index contributed by atoms with van der Waals surface area (Å²) in [5.41, 5.74) is 0. The third-order valence-electron chi connectivity index (χ3n) is 4.17. The summed E-state index contributed by atoms with van der Waals surface area (Å²) in [5.74, 6) is 2.45. The zero-order valence-corrected chi connectivity index (χ0v) is 14.0. The monoisotopic (exact) mass is 299 g/mol. The number of morpholine rings is 1. The Morgan fingerprint density at radius 2 is 2.15 bits per heavy atom. The molecule has 0 saturated carbocycles. The molecule has 0 radical (unpaired) electrons. The van der Waals surface area contributed by atoms with Crippen LogP contribution in [0.25, 0.3) is 0 Å². The molecule has 1 rings (SSSR count). The molecule has 114 valence electrons. The highest BCUT2D eigenvalue weighted by atomic mass is 28.4. The van der Waals surface area contributed by atoms with Gasteiger partial charge in [0.25, 0.3) is 0 Å². The van der Waals surface area contributed by atoms with Crippen molar-refractivity contribution in [3.05, 3.63) is 0 Å². The quantitative estimate of drug-likeness (QED) is 0.642. The first-order chi connectivity index (χ1) is 9.08. The van der Waals surface area contributed by atoms with Crippen molar-refractivity contribution < 1.29 is 19.1 Å². The molecule has 1 aliphatic rings. The van der Waals surface area contributed by atoms with Gasteiger partial charge in [0.1, 0.15) is 6.10 Å². The summed E-state index contributed by atoms with van der Waals surface area (Å²) in [7, 11) is -1.89. The normalized spacial score (nSPS) is 24.3. The van der Waals surface area contributed by atoms with Crippen LogP contribution in [0.5, 0.6) is 0 Å². The van der Waals surface area contributed by atoms with Gasteiger partial charge in [-0.15, -0.1) is 6.42 Å². The molecule has 0 aliphatic carbocycles. The predicted molar refractivity (Wildman–Crippen MR) is 80.2 cm³/mol. The van der Waals surface area contributed by atoms with Gasteiger partial charge in [0, 0.05) is 0 Å². The lowest BCUT2D eigenvalue weighted by Crippen LogP contribution is -2.55. The Balaban J connectivity index is 2.67. The highest BCUT2D eigenvalue weighted by molar-refractivity contribution is 6.74. The van der Waals surface area contributed by atoms with Crippen molar-refractivity contribution in [3.63, 3.8) is 0 Å². The van der Waals surface area contributed by atoms with E-state index in [1.54, 1.807) is 0 Å². The fraction of sp³-hybridized carbons (Fsp3) is 0.786. The smallest absolute Gasteiger partial charge is 0.407 e. The number of hydrogen-bond acceptors (Lipinski definition) is 3. The highest BCUT2D eigenvalue weighted by Crippen LogP contribution is 2.36. The first-order valence-corrected chi connectivity index (χ1v) is 9.70. The summed E-state index contributed by atoms with van der Waals surface area (Å²) >= 11 is 0. The Morgan fingerprint density at radius 1 is 1.55 bits per heavy atom. The Morgan fingerprint density at radius 3 is 2.60 bits per heavy atom. The van der Waals surface area contributed by atoms with Gasteiger partial charge in [-0.1, -0.05) is 26.7 Å². The molecule has 1 heterocycles. The average Bonchev–Trinajstić information content (AvgIpc) is 2.34. The molecule has 0 bridgehead atoms. The van der Waals surface area contributed by atoms with E-state index < -0.39 is 20.5 Å². The van der Waals surface area contributed by atoms with Crippen molar-refractivity contribution in [3.8, 4) is 12.3 Å². The summed E-state index contributed by atoms with van der Waals surface area (Å²) in [5, 5.41) is 9.36. The molecule has 0 spiro atoms. The average molecular weight is 299 g/mol. The summed E-state index contributed by atoms with van der Waals surface area (Å²) < 4.78 is 11.6. The van der Waals surface area contributed by atoms with Gasteiger partial charge in [0.05, 0.1) is 25.8 Å². The first kappa shape index (κ1) is 17.0. The molecule has 0 aromatic rings. The van der Waals surface area contributed by atoms with Gasteiger partial charge in [0.2, 0.25) is 0 Å². The number of nitrogens with zero attached hydrogens (tertiary/aromatic N) is 1. The molecular weight excluding hydrogens is 274 g/mol. The van der Waals surface area contributed by atoms with E-state index in [0.717, 1.165) is 0 Å². The summed E-state index contributed by atoms with van der Waals surface area (Å²) in [6.45, 7) is 11.6. The fourth-order valence-electron chi connectivity index (χ4n) is 1.69. The van der Waals surface area contributed by atoms with E-state index in [1.165, 1.54) is 4.90 Å². The minimum absolute atomic E-state index is 0.0952. The third kappa shape index (κ3) is 3.98. The van der Waals surface area contributed by atoms with Crippen LogP contribution in [-0.2, 0) is 9.16 Å². The van der Waals surface area contributed by atoms with Crippen LogP contribution in [0.15, 0.2) is 0 Å². The molecule has 0 aromatic carbocycles. The van der Waals surface area contributed by atoms with Crippen LogP contribution in [0.2, 0.25) is 18.1 Å². The van der Waals surface area contributed by atoms with Crippen LogP contribution >= 0.6 is 0 Å². The predicted octanol–water partition coefficient (Wildman–Crippen LogP) is 2.39. The minimum Gasteiger partial charge on any atom is -0.465 e. The molecule has 20 heavy (non-hydrogen) atoms. The van der Waals surface area contributed by atoms with Gasteiger partial charge in [0.15, 0.2) is 8.32 Å². The molecule has 1 amide bonds. The summed E-state index contributed by atoms with van der Waals surface area (Å²) in [4.78, 5) is 12.6. The number of ether oxygens (including phenoxy) is 1. The van der Waals surface area contributed by atoms with Gasteiger partial charge >= 0.3 is 6.09 Å². The van der Waals surface area contributed by atoms with E-state index in [2.05, 4.69) is 39.8 Å². The maximum Gasteiger partial charge on any atom is 0.407 e. The van der Waals surface area contributed by atoms with Gasteiger partial charge in [-0.05, 0) is 18.1 Å². The standard InChI is InChI=1S/C14H25NO4Si/c1-7-12-8-15(13(16)17)11(9-18-12)10-19-20(5,6)14(2,3)4/h1,11-12H,8-10H2,2-6H3,(H,16,17)/t11-,12-/m1/s1. The maximum absolute atomic E-state index is 11.3. The van der Waals surface area contributed by atoms with Gasteiger partial charge in [-0.3, -0.25) is 4.90 Å². The second kappa shape index (κ2) is 6.16. The topological polar surface area (TPSA) is 59.0 Å². The second-order valence-electron chi connectivity index (χ2n) is 6.65. The molecule has 1 fully saturated rings. The van der Waals surface area contributed by atoms with E-state index >= 15 is 0 Å². The van der Waals surface area contributed by atoms with Crippen LogP contribution in [0, 0.1) is 12.3 Å². The summed E-state index contributed by atoms with van der Waals surface area (Å²) in [6.07, 6.45) is 3.85. The van der Waals surface area contributed by atoms with E-state index in [0.29, 0.717) is 6.61 Å². The SMILES string of the molecule is C#C[C@@H]1CN(C(=O)O)[C@@H](CO[Si](C)(C)C(C)(C)C)CO1. The number of terminal acetylenes is 1. The Hall–Kier alpha value is -1.03. The molecular formula is C14H25NO4Si. The number of rotatable bonds is 3. The van der Waals surface area contributed by atoms with Crippen LogP contribution in [0.1, 0.15) is 20.8 Å². The first-order valence-electron chi connectivity index (χ1n) is 6.80. The number of carbonyl (C=O) groups is 1. The lowest BCUT2D eigenvalue weighted by atomic mass is 10.2. The van der Waals surface area contributed by atoms with E-state index in [1.807, 2.05) is 0 Å². The van der Waals surface area contributed by atoms with Gasteiger partial charge in [-0.2, -0.15) is 0 Å². The highest BCUT2D eigenvalue weighted by Gasteiger charge is 2.39.